The fraction of sp³-hybridized carbons (Fsp3) is 0.862. The summed E-state index contributed by atoms with van der Waals surface area (Å²) < 4.78 is 0. The molecule has 0 spiro atoms. The summed E-state index contributed by atoms with van der Waals surface area (Å²) in [5.74, 6) is 5.70. The predicted molar refractivity (Wildman–Crippen MR) is 128 cm³/mol. The van der Waals surface area contributed by atoms with Crippen LogP contribution in [0.25, 0.3) is 0 Å². The van der Waals surface area contributed by atoms with Gasteiger partial charge in [-0.1, -0.05) is 65.3 Å². The van der Waals surface area contributed by atoms with Gasteiger partial charge in [-0.15, -0.1) is 0 Å². The summed E-state index contributed by atoms with van der Waals surface area (Å²) in [5, 5.41) is 10.2. The van der Waals surface area contributed by atoms with Crippen molar-refractivity contribution in [2.75, 3.05) is 0 Å². The topological polar surface area (TPSA) is 20.2 Å². The number of rotatable bonds is 5. The van der Waals surface area contributed by atoms with Crippen molar-refractivity contribution in [3.8, 4) is 0 Å². The zero-order valence-corrected chi connectivity index (χ0v) is 20.7. The van der Waals surface area contributed by atoms with E-state index < -0.39 is 0 Å². The second kappa shape index (κ2) is 8.42. The lowest BCUT2D eigenvalue weighted by Crippen LogP contribution is -2.50. The molecule has 1 heteroatoms. The Morgan fingerprint density at radius 1 is 1.03 bits per heavy atom. The summed E-state index contributed by atoms with van der Waals surface area (Å²) in [6, 6.07) is 0. The molecule has 4 rings (SSSR count). The first-order valence-corrected chi connectivity index (χ1v) is 13.3. The minimum atomic E-state index is -0.0870. The van der Waals surface area contributed by atoms with Crippen LogP contribution in [0.1, 0.15) is 99.3 Å². The summed E-state index contributed by atoms with van der Waals surface area (Å²) >= 11 is 0. The Morgan fingerprint density at radius 2 is 1.80 bits per heavy atom. The second-order valence-electron chi connectivity index (χ2n) is 12.4. The molecule has 0 aromatic rings. The Hall–Kier alpha value is -0.560. The highest BCUT2D eigenvalue weighted by molar-refractivity contribution is 5.25. The number of fused-ring (bicyclic) bond motifs is 5. The van der Waals surface area contributed by atoms with Crippen molar-refractivity contribution in [3.63, 3.8) is 0 Å². The molecule has 0 aromatic heterocycles. The maximum atomic E-state index is 10.2. The Balaban J connectivity index is 1.52. The van der Waals surface area contributed by atoms with Gasteiger partial charge in [0.2, 0.25) is 0 Å². The van der Waals surface area contributed by atoms with Gasteiger partial charge >= 0.3 is 0 Å². The molecule has 3 saturated carbocycles. The highest BCUT2D eigenvalue weighted by Gasteiger charge is 2.58. The molecule has 1 nitrogen and oxygen atoms in total. The first-order valence-electron chi connectivity index (χ1n) is 13.3. The molecule has 0 bridgehead atoms. The van der Waals surface area contributed by atoms with Crippen molar-refractivity contribution in [1.29, 1.82) is 0 Å². The lowest BCUT2D eigenvalue weighted by Gasteiger charge is -2.58. The molecule has 170 valence electrons. The van der Waals surface area contributed by atoms with Crippen LogP contribution in [0.5, 0.6) is 0 Å². The number of hydrogen-bond donors (Lipinski definition) is 1. The standard InChI is InChI=1S/C29H48O/c1-7-21(19(2)3)9-8-20(4)25-12-13-26-24-11-10-22-18-23(30)14-16-28(22,5)27(24)15-17-29(25,26)6/h8-10,19-21,23-27,30H,7,11-18H2,1-6H3/t20?,21?,23?,24-,25-,26+,27+,28-,29+/m0/s1. The van der Waals surface area contributed by atoms with Crippen LogP contribution in [0.4, 0.5) is 0 Å². The summed E-state index contributed by atoms with van der Waals surface area (Å²) in [6.07, 6.45) is 19.1. The van der Waals surface area contributed by atoms with Crippen LogP contribution in [0.3, 0.4) is 0 Å². The van der Waals surface area contributed by atoms with Crippen molar-refractivity contribution >= 4 is 0 Å². The van der Waals surface area contributed by atoms with Crippen molar-refractivity contribution < 1.29 is 5.11 Å². The van der Waals surface area contributed by atoms with Gasteiger partial charge in [0.25, 0.3) is 0 Å². The van der Waals surface area contributed by atoms with Crippen LogP contribution >= 0.6 is 0 Å². The van der Waals surface area contributed by atoms with Crippen LogP contribution in [0, 0.1) is 52.3 Å². The summed E-state index contributed by atoms with van der Waals surface area (Å²) in [6.45, 7) is 14.8. The van der Waals surface area contributed by atoms with Crippen molar-refractivity contribution in [2.45, 2.75) is 105 Å². The molecule has 4 aliphatic carbocycles. The molecule has 3 fully saturated rings. The van der Waals surface area contributed by atoms with Gasteiger partial charge in [0.1, 0.15) is 0 Å². The zero-order chi connectivity index (χ0) is 21.7. The molecular formula is C29H48O. The molecule has 1 N–H and O–H groups in total. The maximum Gasteiger partial charge on any atom is 0.0577 e. The van der Waals surface area contributed by atoms with Crippen molar-refractivity contribution in [3.05, 3.63) is 23.8 Å². The molecule has 4 aliphatic rings. The number of hydrogen-bond acceptors (Lipinski definition) is 1. The number of allylic oxidation sites excluding steroid dienone is 3. The first-order chi connectivity index (χ1) is 14.2. The van der Waals surface area contributed by atoms with E-state index in [9.17, 15) is 5.11 Å². The normalized spacial score (nSPS) is 45.6. The van der Waals surface area contributed by atoms with Gasteiger partial charge in [-0.05, 0) is 110 Å². The average Bonchev–Trinajstić information content (AvgIpc) is 3.06. The van der Waals surface area contributed by atoms with Crippen LogP contribution in [0.15, 0.2) is 23.8 Å². The molecular weight excluding hydrogens is 364 g/mol. The Kier molecular flexibility index (Phi) is 6.35. The van der Waals surface area contributed by atoms with Gasteiger partial charge in [-0.25, -0.2) is 0 Å². The largest absolute Gasteiger partial charge is 0.393 e. The monoisotopic (exact) mass is 412 g/mol. The van der Waals surface area contributed by atoms with Crippen LogP contribution in [-0.4, -0.2) is 11.2 Å². The van der Waals surface area contributed by atoms with Gasteiger partial charge in [0.05, 0.1) is 6.10 Å². The Bertz CT molecular complexity index is 674. The van der Waals surface area contributed by atoms with E-state index in [1.165, 1.54) is 44.9 Å². The summed E-state index contributed by atoms with van der Waals surface area (Å²) in [4.78, 5) is 0. The van der Waals surface area contributed by atoms with E-state index in [4.69, 9.17) is 0 Å². The minimum absolute atomic E-state index is 0.0870. The first kappa shape index (κ1) is 22.6. The van der Waals surface area contributed by atoms with E-state index in [-0.39, 0.29) is 6.10 Å². The lowest BCUT2D eigenvalue weighted by molar-refractivity contribution is -0.0540. The van der Waals surface area contributed by atoms with Gasteiger partial charge < -0.3 is 5.11 Å². The van der Waals surface area contributed by atoms with E-state index in [1.54, 1.807) is 5.57 Å². The molecule has 0 heterocycles. The third-order valence-electron chi connectivity index (χ3n) is 10.8. The molecule has 0 aliphatic heterocycles. The van der Waals surface area contributed by atoms with Crippen LogP contribution < -0.4 is 0 Å². The fourth-order valence-corrected chi connectivity index (χ4v) is 8.83. The number of aliphatic hydroxyl groups excluding tert-OH is 1. The second-order valence-corrected chi connectivity index (χ2v) is 12.4. The minimum Gasteiger partial charge on any atom is -0.393 e. The van der Waals surface area contributed by atoms with Crippen molar-refractivity contribution in [1.82, 2.24) is 0 Å². The molecule has 0 aromatic carbocycles. The van der Waals surface area contributed by atoms with E-state index in [2.05, 4.69) is 59.8 Å². The van der Waals surface area contributed by atoms with Gasteiger partial charge in [-0.3, -0.25) is 0 Å². The van der Waals surface area contributed by atoms with Gasteiger partial charge in [0, 0.05) is 0 Å². The fourth-order valence-electron chi connectivity index (χ4n) is 8.83. The Morgan fingerprint density at radius 3 is 2.50 bits per heavy atom. The zero-order valence-electron chi connectivity index (χ0n) is 20.7. The Labute approximate surface area is 186 Å². The molecule has 0 amide bonds. The van der Waals surface area contributed by atoms with Gasteiger partial charge in [0.15, 0.2) is 0 Å². The molecule has 9 atom stereocenters. The number of aliphatic hydroxyl groups is 1. The van der Waals surface area contributed by atoms with Crippen LogP contribution in [-0.2, 0) is 0 Å². The molecule has 30 heavy (non-hydrogen) atoms. The highest BCUT2D eigenvalue weighted by atomic mass is 16.3. The maximum absolute atomic E-state index is 10.2. The van der Waals surface area contributed by atoms with Gasteiger partial charge in [-0.2, -0.15) is 0 Å². The SMILES string of the molecule is CCC(C=CC(C)[C@@H]1CC[C@@H]2[C@@H]3CC=C4CC(O)CC[C@]4(C)[C@@H]3CC[C@@]21C)C(C)C. The van der Waals surface area contributed by atoms with E-state index >= 15 is 0 Å². The summed E-state index contributed by atoms with van der Waals surface area (Å²) in [5.41, 5.74) is 2.51. The molecule has 0 saturated heterocycles. The summed E-state index contributed by atoms with van der Waals surface area (Å²) in [7, 11) is 0. The molecule has 3 unspecified atom stereocenters. The van der Waals surface area contributed by atoms with E-state index in [0.717, 1.165) is 48.3 Å². The third-order valence-corrected chi connectivity index (χ3v) is 10.8. The smallest absolute Gasteiger partial charge is 0.0577 e. The van der Waals surface area contributed by atoms with E-state index in [1.807, 2.05) is 0 Å². The van der Waals surface area contributed by atoms with Crippen molar-refractivity contribution in [2.24, 2.45) is 52.3 Å². The molecule has 0 radical (unpaired) electrons. The average molecular weight is 413 g/mol. The highest BCUT2D eigenvalue weighted by Crippen LogP contribution is 2.67. The van der Waals surface area contributed by atoms with E-state index in [0.29, 0.717) is 16.7 Å². The van der Waals surface area contributed by atoms with Crippen LogP contribution in [0.2, 0.25) is 0 Å². The predicted octanol–water partition coefficient (Wildman–Crippen LogP) is 7.80. The lowest BCUT2D eigenvalue weighted by atomic mass is 9.47. The quantitative estimate of drug-likeness (QED) is 0.457. The third kappa shape index (κ3) is 3.66.